The highest BCUT2D eigenvalue weighted by atomic mass is 32.2. The molecule has 0 saturated carbocycles. The molecule has 1 saturated heterocycles. The first kappa shape index (κ1) is 21.8. The van der Waals surface area contributed by atoms with Gasteiger partial charge in [-0.1, -0.05) is 35.9 Å². The maximum Gasteiger partial charge on any atom is 0.276 e. The largest absolute Gasteiger partial charge is 0.326 e. The lowest BCUT2D eigenvalue weighted by molar-refractivity contribution is -0.114. The van der Waals surface area contributed by atoms with Crippen LogP contribution in [0.4, 0.5) is 11.4 Å². The number of sulfone groups is 1. The number of hydrogen-bond acceptors (Lipinski definition) is 5. The minimum absolute atomic E-state index is 0.00730. The first-order chi connectivity index (χ1) is 15.2. The van der Waals surface area contributed by atoms with Crippen molar-refractivity contribution in [3.63, 3.8) is 0 Å². The van der Waals surface area contributed by atoms with Gasteiger partial charge in [0.05, 0.1) is 23.2 Å². The van der Waals surface area contributed by atoms with Gasteiger partial charge in [0.1, 0.15) is 0 Å². The molecule has 3 aromatic rings. The molecule has 8 nitrogen and oxygen atoms in total. The number of anilines is 2. The van der Waals surface area contributed by atoms with Gasteiger partial charge in [-0.05, 0) is 43.2 Å². The van der Waals surface area contributed by atoms with Gasteiger partial charge < -0.3 is 10.6 Å². The second-order valence-electron chi connectivity index (χ2n) is 8.00. The van der Waals surface area contributed by atoms with Crippen molar-refractivity contribution in [2.24, 2.45) is 0 Å². The standard InChI is InChI=1S/C23H24N4O4S/c1-15-6-8-17(9-7-15)22-13-21(26-27(22)20-10-11-32(30,31)14-20)23(29)25-19-5-3-4-18(12-19)24-16(2)28/h3-9,12-13,20H,10-11,14H2,1-2H3,(H,24,28)(H,25,29)/t20-/m1/s1. The minimum Gasteiger partial charge on any atom is -0.326 e. The van der Waals surface area contributed by atoms with E-state index in [9.17, 15) is 18.0 Å². The Labute approximate surface area is 186 Å². The number of amides is 2. The fraction of sp³-hybridized carbons (Fsp3) is 0.261. The molecular formula is C23H24N4O4S. The number of hydrogen-bond donors (Lipinski definition) is 2. The van der Waals surface area contributed by atoms with E-state index in [-0.39, 0.29) is 29.1 Å². The summed E-state index contributed by atoms with van der Waals surface area (Å²) in [7, 11) is -3.12. The summed E-state index contributed by atoms with van der Waals surface area (Å²) in [6.45, 7) is 3.40. The molecule has 1 atom stereocenters. The summed E-state index contributed by atoms with van der Waals surface area (Å²) in [5.74, 6) is -0.505. The van der Waals surface area contributed by atoms with Gasteiger partial charge in [0.2, 0.25) is 5.91 Å². The Bertz CT molecular complexity index is 1280. The smallest absolute Gasteiger partial charge is 0.276 e. The Morgan fingerprint density at radius 2 is 1.72 bits per heavy atom. The first-order valence-corrected chi connectivity index (χ1v) is 12.1. The number of nitrogens with one attached hydrogen (secondary N) is 2. The summed E-state index contributed by atoms with van der Waals surface area (Å²) in [6.07, 6.45) is 0.461. The molecule has 32 heavy (non-hydrogen) atoms. The molecule has 1 aliphatic rings. The van der Waals surface area contributed by atoms with Gasteiger partial charge >= 0.3 is 0 Å². The molecule has 2 N–H and O–H groups in total. The summed E-state index contributed by atoms with van der Waals surface area (Å²) in [5, 5.41) is 9.96. The van der Waals surface area contributed by atoms with E-state index < -0.39 is 15.7 Å². The number of aryl methyl sites for hydroxylation is 1. The topological polar surface area (TPSA) is 110 Å². The van der Waals surface area contributed by atoms with E-state index >= 15 is 0 Å². The van der Waals surface area contributed by atoms with Gasteiger partial charge in [0.25, 0.3) is 5.91 Å². The summed E-state index contributed by atoms with van der Waals surface area (Å²) in [4.78, 5) is 24.2. The van der Waals surface area contributed by atoms with Gasteiger partial charge in [0, 0.05) is 18.3 Å². The number of carbonyl (C=O) groups excluding carboxylic acids is 2. The molecule has 2 amide bonds. The Kier molecular flexibility index (Phi) is 5.84. The highest BCUT2D eigenvalue weighted by molar-refractivity contribution is 7.91. The lowest BCUT2D eigenvalue weighted by Gasteiger charge is -2.13. The molecule has 1 fully saturated rings. The van der Waals surface area contributed by atoms with E-state index in [1.54, 1.807) is 35.0 Å². The molecule has 1 aromatic heterocycles. The zero-order chi connectivity index (χ0) is 22.9. The van der Waals surface area contributed by atoms with Crippen molar-refractivity contribution >= 4 is 33.0 Å². The molecular weight excluding hydrogens is 428 g/mol. The molecule has 0 bridgehead atoms. The zero-order valence-electron chi connectivity index (χ0n) is 17.8. The van der Waals surface area contributed by atoms with Gasteiger partial charge in [0.15, 0.2) is 15.5 Å². The van der Waals surface area contributed by atoms with Crippen LogP contribution in [0.1, 0.15) is 35.4 Å². The number of aromatic nitrogens is 2. The van der Waals surface area contributed by atoms with Crippen LogP contribution in [0.25, 0.3) is 11.3 Å². The maximum atomic E-state index is 12.9. The lowest BCUT2D eigenvalue weighted by Crippen LogP contribution is -2.16. The predicted molar refractivity (Wildman–Crippen MR) is 123 cm³/mol. The van der Waals surface area contributed by atoms with Crippen LogP contribution in [0.5, 0.6) is 0 Å². The third kappa shape index (κ3) is 4.88. The summed E-state index contributed by atoms with van der Waals surface area (Å²) in [6, 6.07) is 16.0. The van der Waals surface area contributed by atoms with Crippen molar-refractivity contribution < 1.29 is 18.0 Å². The highest BCUT2D eigenvalue weighted by Crippen LogP contribution is 2.30. The van der Waals surface area contributed by atoms with E-state index in [2.05, 4.69) is 15.7 Å². The molecule has 9 heteroatoms. The fourth-order valence-electron chi connectivity index (χ4n) is 3.77. The number of rotatable bonds is 5. The van der Waals surface area contributed by atoms with Crippen molar-refractivity contribution in [3.8, 4) is 11.3 Å². The zero-order valence-corrected chi connectivity index (χ0v) is 18.6. The quantitative estimate of drug-likeness (QED) is 0.616. The van der Waals surface area contributed by atoms with E-state index in [1.807, 2.05) is 31.2 Å². The molecule has 166 valence electrons. The summed E-state index contributed by atoms with van der Waals surface area (Å²) >= 11 is 0. The van der Waals surface area contributed by atoms with Crippen LogP contribution >= 0.6 is 0 Å². The van der Waals surface area contributed by atoms with Crippen LogP contribution in [0.2, 0.25) is 0 Å². The van der Waals surface area contributed by atoms with E-state index in [1.165, 1.54) is 6.92 Å². The first-order valence-electron chi connectivity index (χ1n) is 10.3. The maximum absolute atomic E-state index is 12.9. The molecule has 2 aromatic carbocycles. The number of carbonyl (C=O) groups is 2. The normalized spacial score (nSPS) is 17.1. The second-order valence-corrected chi connectivity index (χ2v) is 10.2. The predicted octanol–water partition coefficient (Wildman–Crippen LogP) is 3.43. The molecule has 2 heterocycles. The monoisotopic (exact) mass is 452 g/mol. The average Bonchev–Trinajstić information content (AvgIpc) is 3.32. The van der Waals surface area contributed by atoms with Crippen LogP contribution in [0, 0.1) is 6.92 Å². The van der Waals surface area contributed by atoms with Crippen LogP contribution < -0.4 is 10.6 Å². The van der Waals surface area contributed by atoms with Crippen LogP contribution in [0.15, 0.2) is 54.6 Å². The van der Waals surface area contributed by atoms with Crippen LogP contribution in [-0.4, -0.2) is 41.5 Å². The van der Waals surface area contributed by atoms with Crippen LogP contribution in [-0.2, 0) is 14.6 Å². The van der Waals surface area contributed by atoms with Gasteiger partial charge in [-0.25, -0.2) is 8.42 Å². The summed E-state index contributed by atoms with van der Waals surface area (Å²) in [5.41, 5.74) is 3.92. The van der Waals surface area contributed by atoms with E-state index in [0.717, 1.165) is 11.1 Å². The van der Waals surface area contributed by atoms with E-state index in [4.69, 9.17) is 0 Å². The molecule has 0 spiro atoms. The van der Waals surface area contributed by atoms with Crippen molar-refractivity contribution in [1.82, 2.24) is 9.78 Å². The number of nitrogens with zero attached hydrogens (tertiary/aromatic N) is 2. The van der Waals surface area contributed by atoms with Crippen molar-refractivity contribution in [1.29, 1.82) is 0 Å². The highest BCUT2D eigenvalue weighted by Gasteiger charge is 2.32. The molecule has 4 rings (SSSR count). The second kappa shape index (κ2) is 8.58. The van der Waals surface area contributed by atoms with E-state index in [0.29, 0.717) is 23.5 Å². The SMILES string of the molecule is CC(=O)Nc1cccc(NC(=O)c2cc(-c3ccc(C)cc3)n([C@@H]3CCS(=O)(=O)C3)n2)c1. The molecule has 0 radical (unpaired) electrons. The molecule has 0 aliphatic carbocycles. The van der Waals surface area contributed by atoms with Crippen LogP contribution in [0.3, 0.4) is 0 Å². The minimum atomic E-state index is -3.12. The summed E-state index contributed by atoms with van der Waals surface area (Å²) < 4.78 is 25.8. The van der Waals surface area contributed by atoms with Crippen molar-refractivity contribution in [2.45, 2.75) is 26.3 Å². The van der Waals surface area contributed by atoms with Gasteiger partial charge in [-0.15, -0.1) is 0 Å². The third-order valence-corrected chi connectivity index (χ3v) is 7.06. The lowest BCUT2D eigenvalue weighted by atomic mass is 10.1. The molecule has 0 unspecified atom stereocenters. The van der Waals surface area contributed by atoms with Crippen molar-refractivity contribution in [2.75, 3.05) is 22.1 Å². The Hall–Kier alpha value is -3.46. The Balaban J connectivity index is 1.65. The third-order valence-electron chi connectivity index (χ3n) is 5.31. The Morgan fingerprint density at radius 1 is 1.03 bits per heavy atom. The fourth-order valence-corrected chi connectivity index (χ4v) is 5.46. The average molecular weight is 453 g/mol. The number of benzene rings is 2. The molecule has 1 aliphatic heterocycles. The van der Waals surface area contributed by atoms with Gasteiger partial charge in [-0.3, -0.25) is 14.3 Å². The van der Waals surface area contributed by atoms with Crippen molar-refractivity contribution in [3.05, 3.63) is 65.9 Å². The van der Waals surface area contributed by atoms with Gasteiger partial charge in [-0.2, -0.15) is 5.10 Å². The Morgan fingerprint density at radius 3 is 2.34 bits per heavy atom.